The number of hydrogen-bond acceptors (Lipinski definition) is 6. The average Bonchev–Trinajstić information content (AvgIpc) is 2.39. The Labute approximate surface area is 114 Å². The van der Waals surface area contributed by atoms with E-state index in [-0.39, 0.29) is 23.3 Å². The Bertz CT molecular complexity index is 477. The summed E-state index contributed by atoms with van der Waals surface area (Å²) in [6.45, 7) is 0.825. The first-order valence-corrected chi connectivity index (χ1v) is 6.22. The summed E-state index contributed by atoms with van der Waals surface area (Å²) in [7, 11) is 0. The average molecular weight is 288 g/mol. The molecule has 0 spiro atoms. The highest BCUT2D eigenvalue weighted by Gasteiger charge is 2.34. The molecule has 1 fully saturated rings. The first-order chi connectivity index (χ1) is 9.06. The third kappa shape index (κ3) is 3.12. The molecule has 0 saturated carbocycles. The Morgan fingerprint density at radius 2 is 2.21 bits per heavy atom. The minimum atomic E-state index is -0.652. The maximum Gasteiger partial charge on any atom is 0.311 e. The van der Waals surface area contributed by atoms with Gasteiger partial charge in [0, 0.05) is 19.3 Å². The lowest BCUT2D eigenvalue weighted by atomic mass is 9.91. The van der Waals surface area contributed by atoms with Gasteiger partial charge in [0.05, 0.1) is 17.1 Å². The smallest absolute Gasteiger partial charge is 0.311 e. The number of rotatable bonds is 4. The predicted octanol–water partition coefficient (Wildman–Crippen LogP) is 1.60. The van der Waals surface area contributed by atoms with E-state index in [1.54, 1.807) is 0 Å². The number of hydrogen-bond donors (Lipinski definition) is 2. The quantitative estimate of drug-likeness (QED) is 0.496. The summed E-state index contributed by atoms with van der Waals surface area (Å²) in [5, 5.41) is 23.6. The third-order valence-electron chi connectivity index (χ3n) is 3.17. The normalized spacial score (nSPS) is 18.0. The molecule has 1 aliphatic rings. The Morgan fingerprint density at radius 1 is 1.53 bits per heavy atom. The zero-order chi connectivity index (χ0) is 13.9. The number of aliphatic hydroxyl groups excluding tert-OH is 1. The largest absolute Gasteiger partial charge is 0.394 e. The molecule has 0 bridgehead atoms. The molecule has 8 heteroatoms. The van der Waals surface area contributed by atoms with Gasteiger partial charge in [-0.1, -0.05) is 11.6 Å². The number of nitrogens with zero attached hydrogens (tertiary/aromatic N) is 2. The SMILES string of the molecule is O=[N+]([O-])c1ccc(Cl)nc1NC1(CO)CCOCC1. The second kappa shape index (κ2) is 5.68. The van der Waals surface area contributed by atoms with Crippen LogP contribution in [-0.2, 0) is 4.74 Å². The Morgan fingerprint density at radius 3 is 2.79 bits per heavy atom. The summed E-state index contributed by atoms with van der Waals surface area (Å²) in [4.78, 5) is 14.4. The van der Waals surface area contributed by atoms with Crippen LogP contribution in [0.3, 0.4) is 0 Å². The standard InChI is InChI=1S/C11H14ClN3O4/c12-9-2-1-8(15(17)18)10(13-9)14-11(7-16)3-5-19-6-4-11/h1-2,16H,3-7H2,(H,13,14). The minimum Gasteiger partial charge on any atom is -0.394 e. The van der Waals surface area contributed by atoms with Crippen molar-refractivity contribution in [1.82, 2.24) is 4.98 Å². The lowest BCUT2D eigenvalue weighted by Crippen LogP contribution is -2.47. The summed E-state index contributed by atoms with van der Waals surface area (Å²) in [6, 6.07) is 2.66. The lowest BCUT2D eigenvalue weighted by Gasteiger charge is -2.36. The van der Waals surface area contributed by atoms with E-state index in [0.717, 1.165) is 0 Å². The molecule has 0 aromatic carbocycles. The van der Waals surface area contributed by atoms with Crippen LogP contribution in [-0.4, -0.2) is 40.4 Å². The van der Waals surface area contributed by atoms with Crippen LogP contribution in [0.1, 0.15) is 12.8 Å². The fraction of sp³-hybridized carbons (Fsp3) is 0.545. The van der Waals surface area contributed by atoms with E-state index < -0.39 is 10.5 Å². The first-order valence-electron chi connectivity index (χ1n) is 5.84. The Kier molecular flexibility index (Phi) is 4.18. The van der Waals surface area contributed by atoms with Crippen molar-refractivity contribution in [2.75, 3.05) is 25.1 Å². The van der Waals surface area contributed by atoms with Crippen molar-refractivity contribution in [2.24, 2.45) is 0 Å². The predicted molar refractivity (Wildman–Crippen MR) is 69.4 cm³/mol. The first kappa shape index (κ1) is 14.0. The van der Waals surface area contributed by atoms with Crippen LogP contribution in [0.2, 0.25) is 5.15 Å². The summed E-state index contributed by atoms with van der Waals surface area (Å²) >= 11 is 5.77. The molecule has 19 heavy (non-hydrogen) atoms. The monoisotopic (exact) mass is 287 g/mol. The van der Waals surface area contributed by atoms with Gasteiger partial charge in [-0.15, -0.1) is 0 Å². The van der Waals surface area contributed by atoms with E-state index in [9.17, 15) is 15.2 Å². The highest BCUT2D eigenvalue weighted by Crippen LogP contribution is 2.30. The number of halogens is 1. The number of ether oxygens (including phenoxy) is 1. The van der Waals surface area contributed by atoms with Gasteiger partial charge in [0.1, 0.15) is 5.15 Å². The second-order valence-electron chi connectivity index (χ2n) is 4.43. The van der Waals surface area contributed by atoms with Gasteiger partial charge in [0.25, 0.3) is 0 Å². The van der Waals surface area contributed by atoms with Crippen molar-refractivity contribution in [3.8, 4) is 0 Å². The van der Waals surface area contributed by atoms with Crippen LogP contribution >= 0.6 is 11.6 Å². The number of nitrogens with one attached hydrogen (secondary N) is 1. The molecule has 1 aromatic rings. The van der Waals surface area contributed by atoms with Crippen LogP contribution < -0.4 is 5.32 Å². The van der Waals surface area contributed by atoms with Crippen LogP contribution in [0.4, 0.5) is 11.5 Å². The highest BCUT2D eigenvalue weighted by atomic mass is 35.5. The number of aromatic nitrogens is 1. The van der Waals surface area contributed by atoms with Gasteiger partial charge in [0.15, 0.2) is 0 Å². The van der Waals surface area contributed by atoms with Crippen molar-refractivity contribution in [2.45, 2.75) is 18.4 Å². The molecule has 1 aromatic heterocycles. The molecule has 0 radical (unpaired) electrons. The van der Waals surface area contributed by atoms with Gasteiger partial charge < -0.3 is 15.2 Å². The molecule has 0 amide bonds. The van der Waals surface area contributed by atoms with Gasteiger partial charge >= 0.3 is 5.69 Å². The third-order valence-corrected chi connectivity index (χ3v) is 3.38. The van der Waals surface area contributed by atoms with Gasteiger partial charge in [-0.05, 0) is 18.9 Å². The summed E-state index contributed by atoms with van der Waals surface area (Å²) < 4.78 is 5.23. The van der Waals surface area contributed by atoms with E-state index in [4.69, 9.17) is 16.3 Å². The number of nitro groups is 1. The molecule has 0 aliphatic carbocycles. The molecule has 1 saturated heterocycles. The molecular weight excluding hydrogens is 274 g/mol. The number of anilines is 1. The van der Waals surface area contributed by atoms with E-state index >= 15 is 0 Å². The van der Waals surface area contributed by atoms with Crippen molar-refractivity contribution in [1.29, 1.82) is 0 Å². The minimum absolute atomic E-state index is 0.0773. The summed E-state index contributed by atoms with van der Waals surface area (Å²) in [5.74, 6) is 0.0773. The number of aliphatic hydroxyl groups is 1. The maximum absolute atomic E-state index is 11.0. The van der Waals surface area contributed by atoms with Crippen LogP contribution in [0.25, 0.3) is 0 Å². The lowest BCUT2D eigenvalue weighted by molar-refractivity contribution is -0.384. The fourth-order valence-electron chi connectivity index (χ4n) is 2.00. The van der Waals surface area contributed by atoms with Gasteiger partial charge in [0.2, 0.25) is 5.82 Å². The van der Waals surface area contributed by atoms with Gasteiger partial charge in [-0.25, -0.2) is 4.98 Å². The van der Waals surface area contributed by atoms with Crippen LogP contribution in [0.15, 0.2) is 12.1 Å². The summed E-state index contributed by atoms with van der Waals surface area (Å²) in [6.07, 6.45) is 1.10. The molecule has 2 N–H and O–H groups in total. The Balaban J connectivity index is 2.30. The van der Waals surface area contributed by atoms with Crippen LogP contribution in [0.5, 0.6) is 0 Å². The topological polar surface area (TPSA) is 97.5 Å². The molecule has 0 atom stereocenters. The molecular formula is C11H14ClN3O4. The molecule has 0 unspecified atom stereocenters. The van der Waals surface area contributed by atoms with Gasteiger partial charge in [-0.3, -0.25) is 10.1 Å². The van der Waals surface area contributed by atoms with Crippen molar-refractivity contribution >= 4 is 23.1 Å². The fourth-order valence-corrected chi connectivity index (χ4v) is 2.15. The van der Waals surface area contributed by atoms with Crippen LogP contribution in [0, 0.1) is 10.1 Å². The van der Waals surface area contributed by atoms with E-state index in [1.165, 1.54) is 12.1 Å². The molecule has 2 heterocycles. The van der Waals surface area contributed by atoms with E-state index in [2.05, 4.69) is 10.3 Å². The van der Waals surface area contributed by atoms with Crippen molar-refractivity contribution < 1.29 is 14.8 Å². The zero-order valence-corrected chi connectivity index (χ0v) is 10.9. The molecule has 2 rings (SSSR count). The van der Waals surface area contributed by atoms with E-state index in [0.29, 0.717) is 26.1 Å². The van der Waals surface area contributed by atoms with Crippen molar-refractivity contribution in [3.05, 3.63) is 27.4 Å². The summed E-state index contributed by atoms with van der Waals surface area (Å²) in [5.41, 5.74) is -0.815. The second-order valence-corrected chi connectivity index (χ2v) is 4.82. The van der Waals surface area contributed by atoms with Gasteiger partial charge in [-0.2, -0.15) is 0 Å². The van der Waals surface area contributed by atoms with Crippen molar-refractivity contribution in [3.63, 3.8) is 0 Å². The van der Waals surface area contributed by atoms with E-state index in [1.807, 2.05) is 0 Å². The number of pyridine rings is 1. The highest BCUT2D eigenvalue weighted by molar-refractivity contribution is 6.29. The molecule has 1 aliphatic heterocycles. The molecule has 7 nitrogen and oxygen atoms in total. The Hall–Kier alpha value is -1.44. The molecule has 104 valence electrons. The maximum atomic E-state index is 11.0. The zero-order valence-electron chi connectivity index (χ0n) is 10.1.